The lowest BCUT2D eigenvalue weighted by Gasteiger charge is -2.22. The number of hydrogen-bond acceptors (Lipinski definition) is 3. The summed E-state index contributed by atoms with van der Waals surface area (Å²) in [5.74, 6) is 0. The van der Waals surface area contributed by atoms with E-state index in [0.717, 1.165) is 0 Å². The topological polar surface area (TPSA) is 52.5 Å². The maximum Gasteiger partial charge on any atom is 0.0689 e. The van der Waals surface area contributed by atoms with Gasteiger partial charge < -0.3 is 15.5 Å². The first-order valence-corrected chi connectivity index (χ1v) is 2.86. The summed E-state index contributed by atoms with van der Waals surface area (Å²) < 4.78 is 0. The third-order valence-corrected chi connectivity index (χ3v) is 1.30. The number of rotatable bonds is 0. The van der Waals surface area contributed by atoms with Gasteiger partial charge in [0.05, 0.1) is 12.2 Å². The Morgan fingerprint density at radius 1 is 1.12 bits per heavy atom. The second kappa shape index (κ2) is 2.44. The van der Waals surface area contributed by atoms with Gasteiger partial charge in [-0.15, -0.1) is 0 Å². The van der Waals surface area contributed by atoms with Crippen molar-refractivity contribution < 1.29 is 10.2 Å². The zero-order chi connectivity index (χ0) is 5.98. The number of β-amino-alcohol motifs (C(OH)–C–C–N with tert-alkyl or cyclic N) is 2. The average molecular weight is 117 g/mol. The third kappa shape index (κ3) is 1.43. The zero-order valence-electron chi connectivity index (χ0n) is 4.67. The summed E-state index contributed by atoms with van der Waals surface area (Å²) >= 11 is 0. The van der Waals surface area contributed by atoms with Gasteiger partial charge in [0, 0.05) is 19.5 Å². The van der Waals surface area contributed by atoms with Crippen molar-refractivity contribution in [2.75, 3.05) is 13.1 Å². The highest BCUT2D eigenvalue weighted by Crippen LogP contribution is 2.00. The molecule has 0 aliphatic carbocycles. The summed E-state index contributed by atoms with van der Waals surface area (Å²) in [6.45, 7) is 1.24. The van der Waals surface area contributed by atoms with Crippen LogP contribution in [0.5, 0.6) is 0 Å². The molecular formula is C5H11NO2. The van der Waals surface area contributed by atoms with Gasteiger partial charge in [-0.2, -0.15) is 0 Å². The van der Waals surface area contributed by atoms with Crippen LogP contribution in [0.3, 0.4) is 0 Å². The predicted octanol–water partition coefficient (Wildman–Crippen LogP) is -1.30. The van der Waals surface area contributed by atoms with E-state index in [1.807, 2.05) is 0 Å². The van der Waals surface area contributed by atoms with E-state index in [9.17, 15) is 0 Å². The van der Waals surface area contributed by atoms with Crippen molar-refractivity contribution in [2.45, 2.75) is 18.6 Å². The molecular weight excluding hydrogens is 106 g/mol. The van der Waals surface area contributed by atoms with Crippen LogP contribution < -0.4 is 5.32 Å². The molecule has 48 valence electrons. The van der Waals surface area contributed by atoms with Gasteiger partial charge in [0.2, 0.25) is 0 Å². The van der Waals surface area contributed by atoms with Gasteiger partial charge in [0.25, 0.3) is 0 Å². The largest absolute Gasteiger partial charge is 0.392 e. The lowest BCUT2D eigenvalue weighted by atomic mass is 10.1. The Kier molecular flexibility index (Phi) is 1.83. The van der Waals surface area contributed by atoms with Gasteiger partial charge in [-0.3, -0.25) is 0 Å². The zero-order valence-corrected chi connectivity index (χ0v) is 4.67. The molecule has 0 aromatic rings. The molecule has 0 amide bonds. The van der Waals surface area contributed by atoms with Gasteiger partial charge in [-0.05, 0) is 0 Å². The van der Waals surface area contributed by atoms with Crippen molar-refractivity contribution >= 4 is 0 Å². The second-order valence-corrected chi connectivity index (χ2v) is 2.20. The molecule has 1 aliphatic rings. The first kappa shape index (κ1) is 6.01. The van der Waals surface area contributed by atoms with E-state index in [1.165, 1.54) is 0 Å². The minimum absolute atomic E-state index is 0.348. The van der Waals surface area contributed by atoms with Crippen LogP contribution >= 0.6 is 0 Å². The Morgan fingerprint density at radius 2 is 1.62 bits per heavy atom. The maximum atomic E-state index is 8.86. The van der Waals surface area contributed by atoms with Crippen LogP contribution in [0.1, 0.15) is 6.42 Å². The Balaban J connectivity index is 2.23. The molecule has 1 aliphatic heterocycles. The monoisotopic (exact) mass is 117 g/mol. The van der Waals surface area contributed by atoms with E-state index in [4.69, 9.17) is 10.2 Å². The molecule has 1 rings (SSSR count). The van der Waals surface area contributed by atoms with Gasteiger partial charge in [0.1, 0.15) is 0 Å². The first-order chi connectivity index (χ1) is 3.79. The lowest BCUT2D eigenvalue weighted by Crippen LogP contribution is -2.42. The van der Waals surface area contributed by atoms with Gasteiger partial charge in [0.15, 0.2) is 0 Å². The molecule has 3 nitrogen and oxygen atoms in total. The number of aliphatic hydroxyl groups is 2. The van der Waals surface area contributed by atoms with E-state index in [0.29, 0.717) is 19.5 Å². The lowest BCUT2D eigenvalue weighted by molar-refractivity contribution is 0.0529. The standard InChI is InChI=1S/C5H11NO2/c7-4-1-5(8)3-6-2-4/h4-8H,1-3H2/t4-,5?/m1/s1. The molecule has 1 heterocycles. The van der Waals surface area contributed by atoms with Crippen molar-refractivity contribution in [3.8, 4) is 0 Å². The summed E-state index contributed by atoms with van der Waals surface area (Å²) in [4.78, 5) is 0. The molecule has 3 heteroatoms. The van der Waals surface area contributed by atoms with E-state index in [2.05, 4.69) is 5.32 Å². The Labute approximate surface area is 48.3 Å². The maximum absolute atomic E-state index is 8.86. The number of aliphatic hydroxyl groups excluding tert-OH is 2. The fourth-order valence-electron chi connectivity index (χ4n) is 0.897. The summed E-state index contributed by atoms with van der Waals surface area (Å²) in [5.41, 5.74) is 0. The molecule has 1 unspecified atom stereocenters. The molecule has 0 radical (unpaired) electrons. The van der Waals surface area contributed by atoms with E-state index in [-0.39, 0.29) is 12.2 Å². The highest BCUT2D eigenvalue weighted by Gasteiger charge is 2.16. The van der Waals surface area contributed by atoms with Crippen LogP contribution in [0.15, 0.2) is 0 Å². The Bertz CT molecular complexity index is 68.8. The highest BCUT2D eigenvalue weighted by molar-refractivity contribution is 4.73. The highest BCUT2D eigenvalue weighted by atomic mass is 16.3. The van der Waals surface area contributed by atoms with Crippen molar-refractivity contribution in [1.29, 1.82) is 0 Å². The smallest absolute Gasteiger partial charge is 0.0689 e. The minimum atomic E-state index is -0.348. The average Bonchev–Trinajstić information content (AvgIpc) is 1.64. The predicted molar refractivity (Wildman–Crippen MR) is 29.5 cm³/mol. The molecule has 0 aromatic heterocycles. The summed E-state index contributed by atoms with van der Waals surface area (Å²) in [7, 11) is 0. The molecule has 0 spiro atoms. The molecule has 8 heavy (non-hydrogen) atoms. The Hall–Kier alpha value is -0.120. The SMILES string of the molecule is OC1CNC[C@H](O)C1. The molecule has 0 saturated carbocycles. The minimum Gasteiger partial charge on any atom is -0.392 e. The van der Waals surface area contributed by atoms with Gasteiger partial charge >= 0.3 is 0 Å². The van der Waals surface area contributed by atoms with Crippen molar-refractivity contribution in [2.24, 2.45) is 0 Å². The van der Waals surface area contributed by atoms with E-state index in [1.54, 1.807) is 0 Å². The molecule has 3 N–H and O–H groups in total. The molecule has 0 bridgehead atoms. The normalized spacial score (nSPS) is 39.8. The third-order valence-electron chi connectivity index (χ3n) is 1.30. The van der Waals surface area contributed by atoms with E-state index < -0.39 is 0 Å². The number of hydrogen-bond donors (Lipinski definition) is 3. The van der Waals surface area contributed by atoms with Crippen LogP contribution in [-0.4, -0.2) is 35.5 Å². The van der Waals surface area contributed by atoms with Gasteiger partial charge in [-0.25, -0.2) is 0 Å². The van der Waals surface area contributed by atoms with Crippen LogP contribution in [-0.2, 0) is 0 Å². The Morgan fingerprint density at radius 3 is 1.88 bits per heavy atom. The quantitative estimate of drug-likeness (QED) is 0.369. The second-order valence-electron chi connectivity index (χ2n) is 2.20. The van der Waals surface area contributed by atoms with Crippen LogP contribution in [0.4, 0.5) is 0 Å². The van der Waals surface area contributed by atoms with Crippen molar-refractivity contribution in [1.82, 2.24) is 5.32 Å². The van der Waals surface area contributed by atoms with Gasteiger partial charge in [-0.1, -0.05) is 0 Å². The van der Waals surface area contributed by atoms with Crippen LogP contribution in [0.25, 0.3) is 0 Å². The van der Waals surface area contributed by atoms with Crippen molar-refractivity contribution in [3.63, 3.8) is 0 Å². The fraction of sp³-hybridized carbons (Fsp3) is 1.00. The summed E-state index contributed by atoms with van der Waals surface area (Å²) in [5, 5.41) is 20.6. The first-order valence-electron chi connectivity index (χ1n) is 2.86. The number of piperidine rings is 1. The summed E-state index contributed by atoms with van der Waals surface area (Å²) in [6, 6.07) is 0. The summed E-state index contributed by atoms with van der Waals surface area (Å²) in [6.07, 6.45) is -0.176. The van der Waals surface area contributed by atoms with Crippen LogP contribution in [0, 0.1) is 0 Å². The molecule has 2 atom stereocenters. The molecule has 1 fully saturated rings. The van der Waals surface area contributed by atoms with Crippen LogP contribution in [0.2, 0.25) is 0 Å². The molecule has 0 aromatic carbocycles. The van der Waals surface area contributed by atoms with Crippen molar-refractivity contribution in [3.05, 3.63) is 0 Å². The fourth-order valence-corrected chi connectivity index (χ4v) is 0.897. The van der Waals surface area contributed by atoms with E-state index >= 15 is 0 Å². The number of nitrogens with one attached hydrogen (secondary N) is 1. The molecule has 1 saturated heterocycles.